The number of carbonyl (C=O) groups excluding carboxylic acids is 1. The molecule has 0 saturated carbocycles. The van der Waals surface area contributed by atoms with E-state index >= 15 is 0 Å². The van der Waals surface area contributed by atoms with Crippen LogP contribution in [0.1, 0.15) is 33.5 Å². The Labute approximate surface area is 166 Å². The number of benzene rings is 1. The average molecular weight is 399 g/mol. The lowest BCUT2D eigenvalue weighted by molar-refractivity contribution is 0.0697. The number of carbonyl (C=O) groups is 2. The molecule has 0 spiro atoms. The van der Waals surface area contributed by atoms with Crippen molar-refractivity contribution in [2.75, 3.05) is 26.1 Å². The van der Waals surface area contributed by atoms with E-state index in [0.29, 0.717) is 29.4 Å². The third kappa shape index (κ3) is 3.66. The van der Waals surface area contributed by atoms with E-state index in [1.807, 2.05) is 6.92 Å². The molecule has 0 unspecified atom stereocenters. The number of aromatic nitrogens is 2. The number of rotatable bonds is 7. The third-order valence-electron chi connectivity index (χ3n) is 4.31. The van der Waals surface area contributed by atoms with E-state index < -0.39 is 11.9 Å². The molecule has 2 aromatic heterocycles. The fraction of sp³-hybridized carbons (Fsp3) is 0.250. The fourth-order valence-corrected chi connectivity index (χ4v) is 3.04. The zero-order valence-electron chi connectivity index (χ0n) is 16.5. The summed E-state index contributed by atoms with van der Waals surface area (Å²) in [5.41, 5.74) is 1.20. The molecule has 9 heteroatoms. The molecule has 29 heavy (non-hydrogen) atoms. The van der Waals surface area contributed by atoms with Gasteiger partial charge in [-0.05, 0) is 26.0 Å². The lowest BCUT2D eigenvalue weighted by Crippen LogP contribution is -2.18. The Morgan fingerprint density at radius 2 is 1.86 bits per heavy atom. The van der Waals surface area contributed by atoms with Gasteiger partial charge in [-0.3, -0.25) is 9.20 Å². The standard InChI is InChI=1S/C20H21N3O6/c1-5-29-14-7-6-8-23-17(11(2)21-18(14)23)19(24)22-13-10-16(28-4)15(27-3)9-12(13)20(25)26/h6-10H,5H2,1-4H3,(H,22,24)(H,25,26). The third-order valence-corrected chi connectivity index (χ3v) is 4.31. The second kappa shape index (κ2) is 8.09. The Balaban J connectivity index is 2.06. The van der Waals surface area contributed by atoms with Crippen molar-refractivity contribution in [3.8, 4) is 17.2 Å². The van der Waals surface area contributed by atoms with Crippen molar-refractivity contribution in [3.05, 3.63) is 47.4 Å². The van der Waals surface area contributed by atoms with Gasteiger partial charge >= 0.3 is 5.97 Å². The summed E-state index contributed by atoms with van der Waals surface area (Å²) in [5.74, 6) is -0.640. The summed E-state index contributed by atoms with van der Waals surface area (Å²) in [6.45, 7) is 4.02. The lowest BCUT2D eigenvalue weighted by atomic mass is 10.1. The highest BCUT2D eigenvalue weighted by Crippen LogP contribution is 2.34. The van der Waals surface area contributed by atoms with Crippen LogP contribution >= 0.6 is 0 Å². The van der Waals surface area contributed by atoms with Gasteiger partial charge in [0.2, 0.25) is 0 Å². The molecule has 3 rings (SSSR count). The van der Waals surface area contributed by atoms with E-state index in [2.05, 4.69) is 10.3 Å². The van der Waals surface area contributed by atoms with Crippen LogP contribution in [0.4, 0.5) is 5.69 Å². The van der Waals surface area contributed by atoms with Crippen LogP contribution in [0.5, 0.6) is 17.2 Å². The minimum absolute atomic E-state index is 0.0791. The largest absolute Gasteiger partial charge is 0.493 e. The van der Waals surface area contributed by atoms with Gasteiger partial charge in [-0.1, -0.05) is 0 Å². The smallest absolute Gasteiger partial charge is 0.337 e. The Morgan fingerprint density at radius 1 is 1.17 bits per heavy atom. The van der Waals surface area contributed by atoms with E-state index in [1.165, 1.54) is 26.4 Å². The molecule has 0 aliphatic carbocycles. The van der Waals surface area contributed by atoms with Crippen molar-refractivity contribution < 1.29 is 28.9 Å². The summed E-state index contributed by atoms with van der Waals surface area (Å²) in [4.78, 5) is 29.1. The van der Waals surface area contributed by atoms with E-state index in [0.717, 1.165) is 0 Å². The molecule has 0 aliphatic heterocycles. The van der Waals surface area contributed by atoms with Gasteiger partial charge in [-0.25, -0.2) is 9.78 Å². The molecule has 1 aromatic carbocycles. The Morgan fingerprint density at radius 3 is 2.48 bits per heavy atom. The number of aryl methyl sites for hydroxylation is 1. The first kappa shape index (κ1) is 20.0. The number of amides is 1. The minimum atomic E-state index is -1.21. The highest BCUT2D eigenvalue weighted by molar-refractivity contribution is 6.08. The summed E-state index contributed by atoms with van der Waals surface area (Å²) < 4.78 is 17.5. The van der Waals surface area contributed by atoms with Gasteiger partial charge in [-0.2, -0.15) is 0 Å². The van der Waals surface area contributed by atoms with E-state index in [4.69, 9.17) is 14.2 Å². The van der Waals surface area contributed by atoms with Crippen molar-refractivity contribution in [2.45, 2.75) is 13.8 Å². The highest BCUT2D eigenvalue weighted by Gasteiger charge is 2.22. The molecule has 152 valence electrons. The average Bonchev–Trinajstić information content (AvgIpc) is 3.04. The van der Waals surface area contributed by atoms with Gasteiger partial charge in [0.25, 0.3) is 5.91 Å². The predicted octanol–water partition coefficient (Wildman–Crippen LogP) is 3.01. The fourth-order valence-electron chi connectivity index (χ4n) is 3.04. The zero-order chi connectivity index (χ0) is 21.1. The van der Waals surface area contributed by atoms with E-state index in [1.54, 1.807) is 29.7 Å². The quantitative estimate of drug-likeness (QED) is 0.628. The number of ether oxygens (including phenoxy) is 3. The Bertz CT molecular complexity index is 1090. The van der Waals surface area contributed by atoms with Crippen LogP contribution in [-0.4, -0.2) is 47.2 Å². The van der Waals surface area contributed by atoms with Crippen LogP contribution in [0, 0.1) is 6.92 Å². The van der Waals surface area contributed by atoms with Crippen molar-refractivity contribution in [1.82, 2.24) is 9.38 Å². The van der Waals surface area contributed by atoms with Gasteiger partial charge in [-0.15, -0.1) is 0 Å². The molecular weight excluding hydrogens is 378 g/mol. The maximum Gasteiger partial charge on any atom is 0.337 e. The summed E-state index contributed by atoms with van der Waals surface area (Å²) in [7, 11) is 2.83. The van der Waals surface area contributed by atoms with Crippen molar-refractivity contribution in [1.29, 1.82) is 0 Å². The van der Waals surface area contributed by atoms with Crippen LogP contribution in [0.3, 0.4) is 0 Å². The number of nitrogens with one attached hydrogen (secondary N) is 1. The van der Waals surface area contributed by atoms with Gasteiger partial charge in [0, 0.05) is 18.3 Å². The van der Waals surface area contributed by atoms with Gasteiger partial charge in [0.15, 0.2) is 22.9 Å². The lowest BCUT2D eigenvalue weighted by Gasteiger charge is -2.14. The number of fused-ring (bicyclic) bond motifs is 1. The van der Waals surface area contributed by atoms with Gasteiger partial charge < -0.3 is 24.6 Å². The minimum Gasteiger partial charge on any atom is -0.493 e. The topological polar surface area (TPSA) is 111 Å². The molecule has 0 saturated heterocycles. The molecule has 0 bridgehead atoms. The Kier molecular flexibility index (Phi) is 5.58. The number of imidazole rings is 1. The molecule has 2 N–H and O–H groups in total. The predicted molar refractivity (Wildman–Crippen MR) is 106 cm³/mol. The first-order valence-electron chi connectivity index (χ1n) is 8.82. The molecule has 9 nitrogen and oxygen atoms in total. The zero-order valence-corrected chi connectivity index (χ0v) is 16.5. The SMILES string of the molecule is CCOc1cccn2c(C(=O)Nc3cc(OC)c(OC)cc3C(=O)O)c(C)nc12. The number of aromatic carboxylic acids is 1. The summed E-state index contributed by atoms with van der Waals surface area (Å²) in [6.07, 6.45) is 1.69. The van der Waals surface area contributed by atoms with Crippen LogP contribution < -0.4 is 19.5 Å². The van der Waals surface area contributed by atoms with Crippen LogP contribution in [0.15, 0.2) is 30.5 Å². The van der Waals surface area contributed by atoms with E-state index in [9.17, 15) is 14.7 Å². The van der Waals surface area contributed by atoms with Crippen LogP contribution in [0.2, 0.25) is 0 Å². The highest BCUT2D eigenvalue weighted by atomic mass is 16.5. The van der Waals surface area contributed by atoms with Gasteiger partial charge in [0.05, 0.1) is 37.8 Å². The molecule has 2 heterocycles. The Hall–Kier alpha value is -3.75. The first-order chi connectivity index (χ1) is 13.9. The molecule has 0 atom stereocenters. The van der Waals surface area contributed by atoms with Crippen LogP contribution in [0.25, 0.3) is 5.65 Å². The maximum atomic E-state index is 13.0. The van der Waals surface area contributed by atoms with E-state index in [-0.39, 0.29) is 22.7 Å². The number of hydrogen-bond donors (Lipinski definition) is 2. The normalized spacial score (nSPS) is 10.6. The second-order valence-corrected chi connectivity index (χ2v) is 6.06. The molecule has 1 amide bonds. The van der Waals surface area contributed by atoms with Crippen molar-refractivity contribution >= 4 is 23.2 Å². The number of pyridine rings is 1. The molecule has 3 aromatic rings. The number of nitrogens with zero attached hydrogens (tertiary/aromatic N) is 2. The van der Waals surface area contributed by atoms with Crippen LogP contribution in [-0.2, 0) is 0 Å². The number of hydrogen-bond acceptors (Lipinski definition) is 6. The molecule has 0 aliphatic rings. The molecular formula is C20H21N3O6. The first-order valence-corrected chi connectivity index (χ1v) is 8.82. The molecule has 0 fully saturated rings. The summed E-state index contributed by atoms with van der Waals surface area (Å²) in [6, 6.07) is 6.22. The van der Waals surface area contributed by atoms with Gasteiger partial charge in [0.1, 0.15) is 5.69 Å². The summed E-state index contributed by atoms with van der Waals surface area (Å²) in [5, 5.41) is 12.2. The number of methoxy groups -OCH3 is 2. The second-order valence-electron chi connectivity index (χ2n) is 6.06. The number of carboxylic acids is 1. The monoisotopic (exact) mass is 399 g/mol. The molecule has 0 radical (unpaired) electrons. The summed E-state index contributed by atoms with van der Waals surface area (Å²) >= 11 is 0. The van der Waals surface area contributed by atoms with Crippen molar-refractivity contribution in [3.63, 3.8) is 0 Å². The number of anilines is 1. The maximum absolute atomic E-state index is 13.0. The number of carboxylic acid groups (broad SMARTS) is 1. The van der Waals surface area contributed by atoms with Crippen molar-refractivity contribution in [2.24, 2.45) is 0 Å².